The average Bonchev–Trinajstić information content (AvgIpc) is 2.88. The van der Waals surface area contributed by atoms with E-state index in [1.165, 1.54) is 12.1 Å². The molecule has 0 radical (unpaired) electrons. The largest absolute Gasteiger partial charge is 0.416 e. The molecule has 0 amide bonds. The van der Waals surface area contributed by atoms with Crippen molar-refractivity contribution in [2.45, 2.75) is 12.3 Å². The third-order valence-electron chi connectivity index (χ3n) is 2.67. The van der Waals surface area contributed by atoms with Crippen LogP contribution in [-0.2, 0) is 6.18 Å². The Morgan fingerprint density at radius 3 is 2.47 bits per heavy atom. The van der Waals surface area contributed by atoms with Crippen LogP contribution in [0.1, 0.15) is 17.2 Å². The molecule has 2 rings (SSSR count). The Morgan fingerprint density at radius 1 is 1.16 bits per heavy atom. The maximum absolute atomic E-state index is 12.5. The van der Waals surface area contributed by atoms with Crippen LogP contribution in [0.4, 0.5) is 13.2 Å². The van der Waals surface area contributed by atoms with Gasteiger partial charge in [-0.3, -0.25) is 4.68 Å². The SMILES string of the molecule is OC(CNn1cccc1)c1cccc(C(F)(F)F)c1. The van der Waals surface area contributed by atoms with Crippen LogP contribution in [0.5, 0.6) is 0 Å². The molecule has 0 aliphatic heterocycles. The van der Waals surface area contributed by atoms with Crippen molar-refractivity contribution in [1.82, 2.24) is 4.68 Å². The lowest BCUT2D eigenvalue weighted by Crippen LogP contribution is -2.20. The molecular formula is C13H13F3N2O. The number of alkyl halides is 3. The predicted octanol–water partition coefficient (Wildman–Crippen LogP) is 2.78. The minimum atomic E-state index is -4.40. The van der Waals surface area contributed by atoms with E-state index in [-0.39, 0.29) is 12.1 Å². The number of aromatic nitrogens is 1. The second kappa shape index (κ2) is 5.36. The summed E-state index contributed by atoms with van der Waals surface area (Å²) < 4.78 is 39.2. The van der Waals surface area contributed by atoms with Gasteiger partial charge in [-0.25, -0.2) is 0 Å². The van der Waals surface area contributed by atoms with Gasteiger partial charge in [0.25, 0.3) is 0 Å². The highest BCUT2D eigenvalue weighted by molar-refractivity contribution is 5.27. The van der Waals surface area contributed by atoms with Gasteiger partial charge in [-0.05, 0) is 29.8 Å². The minimum Gasteiger partial charge on any atom is -0.387 e. The van der Waals surface area contributed by atoms with Crippen molar-refractivity contribution < 1.29 is 18.3 Å². The Kier molecular flexibility index (Phi) is 3.80. The van der Waals surface area contributed by atoms with E-state index >= 15 is 0 Å². The number of rotatable bonds is 4. The first kappa shape index (κ1) is 13.5. The van der Waals surface area contributed by atoms with E-state index in [9.17, 15) is 18.3 Å². The van der Waals surface area contributed by atoms with Crippen LogP contribution in [-0.4, -0.2) is 16.3 Å². The number of aliphatic hydroxyl groups is 1. The maximum Gasteiger partial charge on any atom is 0.416 e. The fourth-order valence-electron chi connectivity index (χ4n) is 1.67. The Labute approximate surface area is 108 Å². The second-order valence-corrected chi connectivity index (χ2v) is 4.09. The van der Waals surface area contributed by atoms with Gasteiger partial charge >= 0.3 is 6.18 Å². The number of benzene rings is 1. The van der Waals surface area contributed by atoms with Gasteiger partial charge in [0.1, 0.15) is 0 Å². The van der Waals surface area contributed by atoms with Crippen LogP contribution >= 0.6 is 0 Å². The van der Waals surface area contributed by atoms with E-state index < -0.39 is 17.8 Å². The van der Waals surface area contributed by atoms with E-state index in [2.05, 4.69) is 5.43 Å². The fourth-order valence-corrected chi connectivity index (χ4v) is 1.67. The highest BCUT2D eigenvalue weighted by Crippen LogP contribution is 2.30. The summed E-state index contributed by atoms with van der Waals surface area (Å²) in [6, 6.07) is 8.29. The highest BCUT2D eigenvalue weighted by atomic mass is 19.4. The first-order valence-electron chi connectivity index (χ1n) is 5.69. The zero-order valence-electron chi connectivity index (χ0n) is 9.93. The minimum absolute atomic E-state index is 0.121. The molecule has 0 spiro atoms. The molecule has 0 saturated heterocycles. The third-order valence-corrected chi connectivity index (χ3v) is 2.67. The molecule has 0 bridgehead atoms. The molecule has 1 aromatic carbocycles. The first-order valence-corrected chi connectivity index (χ1v) is 5.69. The molecule has 2 aromatic rings. The van der Waals surface area contributed by atoms with Crippen LogP contribution in [0.25, 0.3) is 0 Å². The number of nitrogens with one attached hydrogen (secondary N) is 1. The molecule has 1 aromatic heterocycles. The van der Waals surface area contributed by atoms with Crippen molar-refractivity contribution in [1.29, 1.82) is 0 Å². The van der Waals surface area contributed by atoms with Gasteiger partial charge < -0.3 is 10.5 Å². The summed E-state index contributed by atoms with van der Waals surface area (Å²) in [7, 11) is 0. The number of halogens is 3. The average molecular weight is 270 g/mol. The van der Waals surface area contributed by atoms with Gasteiger partial charge in [0, 0.05) is 12.4 Å². The quantitative estimate of drug-likeness (QED) is 0.896. The van der Waals surface area contributed by atoms with Gasteiger partial charge in [0.05, 0.1) is 18.2 Å². The summed E-state index contributed by atoms with van der Waals surface area (Å²) in [6.07, 6.45) is -1.94. The van der Waals surface area contributed by atoms with Crippen LogP contribution in [0.2, 0.25) is 0 Å². The lowest BCUT2D eigenvalue weighted by Gasteiger charge is -2.15. The van der Waals surface area contributed by atoms with E-state index in [0.29, 0.717) is 0 Å². The molecule has 0 saturated carbocycles. The molecule has 1 heterocycles. The summed E-state index contributed by atoms with van der Waals surface area (Å²) in [4.78, 5) is 0. The maximum atomic E-state index is 12.5. The smallest absolute Gasteiger partial charge is 0.387 e. The van der Waals surface area contributed by atoms with Crippen molar-refractivity contribution in [3.63, 3.8) is 0 Å². The first-order chi connectivity index (χ1) is 8.97. The van der Waals surface area contributed by atoms with Crippen LogP contribution in [0, 0.1) is 0 Å². The van der Waals surface area contributed by atoms with E-state index in [1.54, 1.807) is 29.2 Å². The number of aliphatic hydroxyl groups excluding tert-OH is 1. The molecule has 19 heavy (non-hydrogen) atoms. The molecule has 3 nitrogen and oxygen atoms in total. The zero-order chi connectivity index (χ0) is 13.9. The van der Waals surface area contributed by atoms with Gasteiger partial charge in [-0.2, -0.15) is 13.2 Å². The Balaban J connectivity index is 2.04. The van der Waals surface area contributed by atoms with Gasteiger partial charge in [-0.1, -0.05) is 12.1 Å². The summed E-state index contributed by atoms with van der Waals surface area (Å²) in [5.74, 6) is 0. The molecule has 0 fully saturated rings. The van der Waals surface area contributed by atoms with Gasteiger partial charge in [-0.15, -0.1) is 0 Å². The zero-order valence-corrected chi connectivity index (χ0v) is 9.93. The third kappa shape index (κ3) is 3.51. The lowest BCUT2D eigenvalue weighted by molar-refractivity contribution is -0.137. The highest BCUT2D eigenvalue weighted by Gasteiger charge is 2.30. The molecule has 2 N–H and O–H groups in total. The molecule has 102 valence electrons. The summed E-state index contributed by atoms with van der Waals surface area (Å²) in [5.41, 5.74) is 2.34. The molecule has 1 atom stereocenters. The van der Waals surface area contributed by atoms with Crippen molar-refractivity contribution >= 4 is 0 Å². The van der Waals surface area contributed by atoms with Crippen molar-refractivity contribution in [3.8, 4) is 0 Å². The summed E-state index contributed by atoms with van der Waals surface area (Å²) in [5, 5.41) is 9.87. The van der Waals surface area contributed by atoms with Crippen molar-refractivity contribution in [2.75, 3.05) is 12.0 Å². The van der Waals surface area contributed by atoms with Gasteiger partial charge in [0.2, 0.25) is 0 Å². The molecule has 6 heteroatoms. The Bertz CT molecular complexity index is 523. The monoisotopic (exact) mass is 270 g/mol. The number of nitrogens with zero attached hydrogens (tertiary/aromatic N) is 1. The molecule has 0 aliphatic carbocycles. The number of hydrogen-bond donors (Lipinski definition) is 2. The van der Waals surface area contributed by atoms with Crippen molar-refractivity contribution in [3.05, 3.63) is 59.9 Å². The second-order valence-electron chi connectivity index (χ2n) is 4.09. The van der Waals surface area contributed by atoms with Crippen molar-refractivity contribution in [2.24, 2.45) is 0 Å². The van der Waals surface area contributed by atoms with Crippen LogP contribution < -0.4 is 5.43 Å². The van der Waals surface area contributed by atoms with Gasteiger partial charge in [0.15, 0.2) is 0 Å². The predicted molar refractivity (Wildman–Crippen MR) is 65.1 cm³/mol. The summed E-state index contributed by atoms with van der Waals surface area (Å²) >= 11 is 0. The van der Waals surface area contributed by atoms with Crippen LogP contribution in [0.15, 0.2) is 48.8 Å². The lowest BCUT2D eigenvalue weighted by atomic mass is 10.1. The normalized spacial score (nSPS) is 13.3. The Morgan fingerprint density at radius 2 is 1.84 bits per heavy atom. The number of hydrogen-bond acceptors (Lipinski definition) is 2. The topological polar surface area (TPSA) is 37.2 Å². The molecular weight excluding hydrogens is 257 g/mol. The summed E-state index contributed by atoms with van der Waals surface area (Å²) in [6.45, 7) is 0.121. The van der Waals surface area contributed by atoms with E-state index in [1.807, 2.05) is 0 Å². The van der Waals surface area contributed by atoms with Crippen LogP contribution in [0.3, 0.4) is 0 Å². The van der Waals surface area contributed by atoms with E-state index in [0.717, 1.165) is 12.1 Å². The standard InChI is InChI=1S/C13H13F3N2O/c14-13(15,16)11-5-3-4-10(8-11)12(19)9-17-18-6-1-2-7-18/h1-8,12,17,19H,9H2. The molecule has 1 unspecified atom stereocenters. The Hall–Kier alpha value is -1.95. The van der Waals surface area contributed by atoms with E-state index in [4.69, 9.17) is 0 Å². The molecule has 0 aliphatic rings. The fraction of sp³-hybridized carbons (Fsp3) is 0.231.